The number of nitrogens with one attached hydrogen (secondary N) is 3. The summed E-state index contributed by atoms with van der Waals surface area (Å²) in [7, 11) is 0. The Hall–Kier alpha value is -2.58. The number of hydrogen-bond donors (Lipinski definition) is 9. The Balaban J connectivity index is 4.61. The Bertz CT molecular complexity index is 585. The van der Waals surface area contributed by atoms with Crippen molar-refractivity contribution >= 4 is 42.3 Å². The normalized spacial score (nSPS) is 13.5. The van der Waals surface area contributed by atoms with E-state index in [0.717, 1.165) is 0 Å². The van der Waals surface area contributed by atoms with Crippen LogP contribution in [0.1, 0.15) is 12.8 Å². The molecule has 0 aromatic carbocycles. The minimum absolute atomic E-state index is 0.0696. The Morgan fingerprint density at radius 2 is 1.71 bits per heavy atom. The van der Waals surface area contributed by atoms with Crippen LogP contribution in [-0.4, -0.2) is 83.4 Å². The lowest BCUT2D eigenvalue weighted by atomic mass is 10.1. The van der Waals surface area contributed by atoms with E-state index >= 15 is 0 Å². The molecule has 0 radical (unpaired) electrons. The molecular formula is C14H27N7O6S. The number of hydrogen-bond acceptors (Lipinski definition) is 8. The maximum atomic E-state index is 12.2. The molecule has 28 heavy (non-hydrogen) atoms. The molecular weight excluding hydrogens is 394 g/mol. The summed E-state index contributed by atoms with van der Waals surface area (Å²) in [6, 6.07) is -3.51. The van der Waals surface area contributed by atoms with E-state index in [9.17, 15) is 24.3 Å². The minimum atomic E-state index is -1.26. The number of rotatable bonds is 13. The third-order valence-corrected chi connectivity index (χ3v) is 3.72. The third-order valence-electron chi connectivity index (χ3n) is 3.35. The summed E-state index contributed by atoms with van der Waals surface area (Å²) >= 11 is 3.96. The number of carbonyl (C=O) groups is 4. The van der Waals surface area contributed by atoms with Crippen molar-refractivity contribution in [3.05, 3.63) is 0 Å². The molecule has 0 saturated heterocycles. The highest BCUT2D eigenvalue weighted by atomic mass is 32.1. The van der Waals surface area contributed by atoms with E-state index < -0.39 is 55.0 Å². The van der Waals surface area contributed by atoms with Gasteiger partial charge in [-0.25, -0.2) is 4.79 Å². The van der Waals surface area contributed by atoms with Crippen molar-refractivity contribution in [3.8, 4) is 0 Å². The molecule has 0 heterocycles. The van der Waals surface area contributed by atoms with Gasteiger partial charge in [-0.15, -0.1) is 0 Å². The van der Waals surface area contributed by atoms with Gasteiger partial charge in [-0.05, 0) is 12.8 Å². The Morgan fingerprint density at radius 1 is 1.07 bits per heavy atom. The highest BCUT2D eigenvalue weighted by Crippen LogP contribution is 2.00. The van der Waals surface area contributed by atoms with Gasteiger partial charge in [0, 0.05) is 12.3 Å². The highest BCUT2D eigenvalue weighted by molar-refractivity contribution is 7.80. The van der Waals surface area contributed by atoms with Gasteiger partial charge in [0.2, 0.25) is 17.7 Å². The van der Waals surface area contributed by atoms with Crippen molar-refractivity contribution in [2.45, 2.75) is 31.0 Å². The topological polar surface area (TPSA) is 235 Å². The van der Waals surface area contributed by atoms with Gasteiger partial charge in [0.1, 0.15) is 18.1 Å². The third kappa shape index (κ3) is 10.5. The number of thiol groups is 1. The average molecular weight is 421 g/mol. The van der Waals surface area contributed by atoms with Crippen molar-refractivity contribution in [3.63, 3.8) is 0 Å². The number of aliphatic imine (C=N–C) groups is 1. The summed E-state index contributed by atoms with van der Waals surface area (Å²) in [4.78, 5) is 50.4. The van der Waals surface area contributed by atoms with Crippen LogP contribution >= 0.6 is 12.6 Å². The summed E-state index contributed by atoms with van der Waals surface area (Å²) in [5.41, 5.74) is 15.6. The molecule has 3 atom stereocenters. The van der Waals surface area contributed by atoms with E-state index in [0.29, 0.717) is 6.42 Å². The quantitative estimate of drug-likeness (QED) is 0.0601. The number of nitrogens with zero attached hydrogens (tertiary/aromatic N) is 1. The van der Waals surface area contributed by atoms with Crippen molar-refractivity contribution in [2.24, 2.45) is 22.2 Å². The Kier molecular flexibility index (Phi) is 12.3. The minimum Gasteiger partial charge on any atom is -0.480 e. The lowest BCUT2D eigenvalue weighted by molar-refractivity contribution is -0.142. The van der Waals surface area contributed by atoms with E-state index in [1.807, 2.05) is 0 Å². The first-order valence-electron chi connectivity index (χ1n) is 8.25. The van der Waals surface area contributed by atoms with E-state index in [-0.39, 0.29) is 24.7 Å². The van der Waals surface area contributed by atoms with Gasteiger partial charge >= 0.3 is 5.97 Å². The van der Waals surface area contributed by atoms with Gasteiger partial charge < -0.3 is 43.4 Å². The molecule has 14 heteroatoms. The summed E-state index contributed by atoms with van der Waals surface area (Å²) in [6.45, 7) is -0.871. The fourth-order valence-corrected chi connectivity index (χ4v) is 2.11. The molecule has 0 aromatic heterocycles. The number of amides is 3. The molecule has 0 fully saturated rings. The van der Waals surface area contributed by atoms with Gasteiger partial charge in [0.05, 0.1) is 13.2 Å². The first-order valence-corrected chi connectivity index (χ1v) is 8.88. The fraction of sp³-hybridized carbons (Fsp3) is 0.643. The Morgan fingerprint density at radius 3 is 2.21 bits per heavy atom. The highest BCUT2D eigenvalue weighted by Gasteiger charge is 2.25. The number of guanidine groups is 1. The number of aliphatic hydroxyl groups excluding tert-OH is 1. The molecule has 3 amide bonds. The summed E-state index contributed by atoms with van der Waals surface area (Å²) < 4.78 is 0. The number of nitrogens with two attached hydrogens (primary N) is 3. The van der Waals surface area contributed by atoms with Crippen molar-refractivity contribution in [2.75, 3.05) is 25.4 Å². The molecule has 0 spiro atoms. The van der Waals surface area contributed by atoms with E-state index in [2.05, 4.69) is 33.6 Å². The molecule has 0 bridgehead atoms. The van der Waals surface area contributed by atoms with Crippen molar-refractivity contribution in [1.82, 2.24) is 16.0 Å². The second-order valence-corrected chi connectivity index (χ2v) is 6.02. The SMILES string of the molecule is NC(N)=NCCCC(NC(=O)C(CS)NC(=O)CNC(=O)C(N)CO)C(=O)O. The fourth-order valence-electron chi connectivity index (χ4n) is 1.85. The lowest BCUT2D eigenvalue weighted by Crippen LogP contribution is -2.54. The molecule has 0 aliphatic heterocycles. The number of aliphatic carboxylic acids is 1. The number of carbonyl (C=O) groups excluding carboxylic acids is 3. The number of aliphatic hydroxyl groups is 1. The van der Waals surface area contributed by atoms with Crippen LogP contribution in [0.3, 0.4) is 0 Å². The zero-order chi connectivity index (χ0) is 21.7. The van der Waals surface area contributed by atoms with Crippen LogP contribution in [0, 0.1) is 0 Å². The summed E-state index contributed by atoms with van der Waals surface area (Å²) in [5, 5.41) is 24.7. The lowest BCUT2D eigenvalue weighted by Gasteiger charge is -2.20. The van der Waals surface area contributed by atoms with Crippen LogP contribution < -0.4 is 33.2 Å². The van der Waals surface area contributed by atoms with Gasteiger partial charge in [-0.2, -0.15) is 12.6 Å². The van der Waals surface area contributed by atoms with Crippen LogP contribution in [0.25, 0.3) is 0 Å². The van der Waals surface area contributed by atoms with Gasteiger partial charge in [0.15, 0.2) is 5.96 Å². The monoisotopic (exact) mass is 421 g/mol. The van der Waals surface area contributed by atoms with E-state index in [1.54, 1.807) is 0 Å². The molecule has 11 N–H and O–H groups in total. The molecule has 3 unspecified atom stereocenters. The largest absolute Gasteiger partial charge is 0.480 e. The smallest absolute Gasteiger partial charge is 0.326 e. The second-order valence-electron chi connectivity index (χ2n) is 5.66. The van der Waals surface area contributed by atoms with Crippen LogP contribution in [0.15, 0.2) is 4.99 Å². The van der Waals surface area contributed by atoms with Gasteiger partial charge in [-0.3, -0.25) is 19.4 Å². The van der Waals surface area contributed by atoms with Gasteiger partial charge in [-0.1, -0.05) is 0 Å². The van der Waals surface area contributed by atoms with E-state index in [1.165, 1.54) is 0 Å². The first kappa shape index (κ1) is 25.4. The standard InChI is InChI=1S/C14H27N7O6S/c15-7(5-22)11(24)19-4-10(23)20-9(6-28)12(25)21-8(13(26)27)2-1-3-18-14(16)17/h7-9,22,28H,1-6,15H2,(H,19,24)(H,20,23)(H,21,25)(H,26,27)(H4,16,17,18). The van der Waals surface area contributed by atoms with Crippen LogP contribution in [-0.2, 0) is 19.2 Å². The van der Waals surface area contributed by atoms with Crippen molar-refractivity contribution < 1.29 is 29.4 Å². The molecule has 0 aliphatic rings. The Labute approximate surface area is 166 Å². The van der Waals surface area contributed by atoms with Crippen LogP contribution in [0.5, 0.6) is 0 Å². The molecule has 160 valence electrons. The van der Waals surface area contributed by atoms with Crippen LogP contribution in [0.2, 0.25) is 0 Å². The maximum absolute atomic E-state index is 12.2. The predicted octanol–water partition coefficient (Wildman–Crippen LogP) is -4.54. The van der Waals surface area contributed by atoms with Gasteiger partial charge in [0.25, 0.3) is 0 Å². The molecule has 0 rings (SSSR count). The first-order chi connectivity index (χ1) is 13.1. The summed E-state index contributed by atoms with van der Waals surface area (Å²) in [5.74, 6) is -3.70. The molecule has 13 nitrogen and oxygen atoms in total. The number of carboxylic acid groups (broad SMARTS) is 1. The molecule has 0 aliphatic carbocycles. The van der Waals surface area contributed by atoms with Crippen molar-refractivity contribution in [1.29, 1.82) is 0 Å². The molecule has 0 aromatic rings. The zero-order valence-corrected chi connectivity index (χ0v) is 16.0. The molecule has 0 saturated carbocycles. The second kappa shape index (κ2) is 13.6. The van der Waals surface area contributed by atoms with Crippen LogP contribution in [0.4, 0.5) is 0 Å². The van der Waals surface area contributed by atoms with E-state index in [4.69, 9.17) is 22.3 Å². The number of carboxylic acids is 1. The maximum Gasteiger partial charge on any atom is 0.326 e. The average Bonchev–Trinajstić information content (AvgIpc) is 2.64. The summed E-state index contributed by atoms with van der Waals surface area (Å²) in [6.07, 6.45) is 0.379. The predicted molar refractivity (Wildman–Crippen MR) is 103 cm³/mol. The zero-order valence-electron chi connectivity index (χ0n) is 15.1.